The molecule has 1 heterocycles. The zero-order valence-electron chi connectivity index (χ0n) is 19.8. The van der Waals surface area contributed by atoms with Crippen molar-refractivity contribution >= 4 is 17.8 Å². The number of rotatable bonds is 3. The number of allylic oxidation sites excluding steroid dienone is 2. The molecule has 176 valence electrons. The van der Waals surface area contributed by atoms with Gasteiger partial charge in [-0.15, -0.1) is 0 Å². The number of nitrogens with one attached hydrogen (secondary N) is 1. The van der Waals surface area contributed by atoms with Gasteiger partial charge in [-0.05, 0) is 56.7 Å². The zero-order valence-corrected chi connectivity index (χ0v) is 19.8. The van der Waals surface area contributed by atoms with Crippen LogP contribution in [-0.4, -0.2) is 39.7 Å². The first-order valence-corrected chi connectivity index (χ1v) is 11.4. The van der Waals surface area contributed by atoms with Gasteiger partial charge in [0.25, 0.3) is 5.91 Å². The van der Waals surface area contributed by atoms with Crippen molar-refractivity contribution in [3.8, 4) is 6.07 Å². The average molecular weight is 461 g/mol. The molecule has 0 saturated carbocycles. The van der Waals surface area contributed by atoms with Crippen molar-refractivity contribution in [1.29, 1.82) is 5.26 Å². The Morgan fingerprint density at radius 2 is 2.00 bits per heavy atom. The number of aryl methyl sites for hydroxylation is 1. The fraction of sp³-hybridized carbons (Fsp3) is 0.423. The molecular weight excluding hydrogens is 432 g/mol. The molecule has 3 atom stereocenters. The number of ketones is 1. The quantitative estimate of drug-likeness (QED) is 0.749. The van der Waals surface area contributed by atoms with Gasteiger partial charge in [-0.25, -0.2) is 9.48 Å². The number of fused-ring (bicyclic) bond motifs is 3. The minimum Gasteiger partial charge on any atom is -0.444 e. The number of carbonyl (C=O) groups excluding carboxylic acids is 3. The number of hydrogen-bond acceptors (Lipinski definition) is 6. The van der Waals surface area contributed by atoms with E-state index in [9.17, 15) is 19.6 Å². The van der Waals surface area contributed by atoms with Crippen LogP contribution in [0.5, 0.6) is 0 Å². The number of nitriles is 1. The summed E-state index contributed by atoms with van der Waals surface area (Å²) in [6, 6.07) is 11.8. The molecule has 2 aliphatic rings. The molecule has 2 aliphatic carbocycles. The highest BCUT2D eigenvalue weighted by Gasteiger charge is 2.53. The number of nitrogens with zero attached hydrogens (tertiary/aromatic N) is 3. The number of Topliss-reactive ketones (excluding diaryl/α,β-unsaturated/α-hetero) is 1. The summed E-state index contributed by atoms with van der Waals surface area (Å²) in [6.45, 7) is 6.83. The Labute approximate surface area is 198 Å². The second-order valence-corrected chi connectivity index (χ2v) is 9.90. The molecule has 0 saturated heterocycles. The Kier molecular flexibility index (Phi) is 5.90. The van der Waals surface area contributed by atoms with Crippen LogP contribution in [-0.2, 0) is 21.4 Å². The van der Waals surface area contributed by atoms with Gasteiger partial charge in [0.15, 0.2) is 5.78 Å². The summed E-state index contributed by atoms with van der Waals surface area (Å²) >= 11 is 0. The summed E-state index contributed by atoms with van der Waals surface area (Å²) in [4.78, 5) is 37.7. The second kappa shape index (κ2) is 8.56. The van der Waals surface area contributed by atoms with Crippen LogP contribution in [0.3, 0.4) is 0 Å². The van der Waals surface area contributed by atoms with Crippen LogP contribution in [0.25, 0.3) is 0 Å². The number of carbonyl (C=O) groups is 3. The lowest BCUT2D eigenvalue weighted by Crippen LogP contribution is -2.48. The van der Waals surface area contributed by atoms with Gasteiger partial charge in [-0.1, -0.05) is 37.3 Å². The minimum atomic E-state index is -0.794. The van der Waals surface area contributed by atoms with Gasteiger partial charge in [-0.3, -0.25) is 9.59 Å². The van der Waals surface area contributed by atoms with Crippen LogP contribution in [0, 0.1) is 23.2 Å². The standard InChI is InChI=1S/C26H28N4O4/c1-16-20-11-10-17-15-30(21(31)14-28-24(33)34-25(2,3)4)29-23(17)26(20,12-18(13-27)22(16)32)19-8-6-5-7-9-19/h5-9,12,15-16,20H,10-11,14H2,1-4H3,(H,28,33)/t16-,20-,26+/m0/s1. The van der Waals surface area contributed by atoms with Crippen LogP contribution in [0.15, 0.2) is 48.2 Å². The molecule has 8 heteroatoms. The first-order chi connectivity index (χ1) is 16.1. The van der Waals surface area contributed by atoms with Crippen LogP contribution in [0.1, 0.15) is 55.7 Å². The Hall–Kier alpha value is -3.73. The van der Waals surface area contributed by atoms with E-state index in [-0.39, 0.29) is 29.7 Å². The SMILES string of the molecule is C[C@@H]1C(=O)C(C#N)=C[C@]2(c3ccccc3)c3nn(C(=O)CNC(=O)OC(C)(C)C)cc3CC[C@@H]12. The lowest BCUT2D eigenvalue weighted by atomic mass is 9.54. The summed E-state index contributed by atoms with van der Waals surface area (Å²) in [5.41, 5.74) is 1.14. The normalized spacial score (nSPS) is 23.7. The maximum Gasteiger partial charge on any atom is 0.408 e. The monoisotopic (exact) mass is 460 g/mol. The summed E-state index contributed by atoms with van der Waals surface area (Å²) in [7, 11) is 0. The molecule has 1 amide bonds. The van der Waals surface area contributed by atoms with E-state index in [4.69, 9.17) is 4.74 Å². The predicted molar refractivity (Wildman–Crippen MR) is 124 cm³/mol. The lowest BCUT2D eigenvalue weighted by Gasteiger charge is -2.46. The first kappa shape index (κ1) is 23.4. The third kappa shape index (κ3) is 4.03. The highest BCUT2D eigenvalue weighted by atomic mass is 16.6. The van der Waals surface area contributed by atoms with Gasteiger partial charge in [0.05, 0.1) is 16.7 Å². The van der Waals surface area contributed by atoms with Crippen LogP contribution in [0.4, 0.5) is 4.79 Å². The number of aromatic nitrogens is 2. The highest BCUT2D eigenvalue weighted by molar-refractivity contribution is 6.02. The number of alkyl carbamates (subject to hydrolysis) is 1. The van der Waals surface area contributed by atoms with E-state index in [1.165, 1.54) is 4.68 Å². The van der Waals surface area contributed by atoms with Gasteiger partial charge in [-0.2, -0.15) is 10.4 Å². The van der Waals surface area contributed by atoms with Gasteiger partial charge in [0.1, 0.15) is 18.2 Å². The predicted octanol–water partition coefficient (Wildman–Crippen LogP) is 3.57. The average Bonchev–Trinajstić information content (AvgIpc) is 3.24. The molecule has 2 aromatic rings. The van der Waals surface area contributed by atoms with Crippen molar-refractivity contribution in [3.63, 3.8) is 0 Å². The molecule has 1 N–H and O–H groups in total. The van der Waals surface area contributed by atoms with Gasteiger partial charge >= 0.3 is 6.09 Å². The largest absolute Gasteiger partial charge is 0.444 e. The third-order valence-electron chi connectivity index (χ3n) is 6.56. The molecular formula is C26H28N4O4. The van der Waals surface area contributed by atoms with E-state index in [2.05, 4.69) is 16.5 Å². The second-order valence-electron chi connectivity index (χ2n) is 9.90. The Bertz CT molecular complexity index is 1220. The molecule has 0 fully saturated rings. The number of amides is 1. The molecule has 1 aromatic carbocycles. The molecule has 0 bridgehead atoms. The molecule has 0 unspecified atom stereocenters. The van der Waals surface area contributed by atoms with Crippen molar-refractivity contribution in [2.75, 3.05) is 6.54 Å². The summed E-state index contributed by atoms with van der Waals surface area (Å²) in [6.07, 6.45) is 4.14. The van der Waals surface area contributed by atoms with E-state index < -0.39 is 23.0 Å². The van der Waals surface area contributed by atoms with Gasteiger partial charge < -0.3 is 10.1 Å². The molecule has 0 aliphatic heterocycles. The van der Waals surface area contributed by atoms with Crippen molar-refractivity contribution in [2.45, 2.75) is 51.6 Å². The fourth-order valence-electron chi connectivity index (χ4n) is 5.11. The molecule has 34 heavy (non-hydrogen) atoms. The lowest BCUT2D eigenvalue weighted by molar-refractivity contribution is -0.121. The smallest absolute Gasteiger partial charge is 0.408 e. The van der Waals surface area contributed by atoms with E-state index in [1.807, 2.05) is 37.3 Å². The summed E-state index contributed by atoms with van der Waals surface area (Å²) < 4.78 is 6.44. The first-order valence-electron chi connectivity index (χ1n) is 11.4. The van der Waals surface area contributed by atoms with Crippen molar-refractivity contribution in [1.82, 2.24) is 15.1 Å². The Balaban J connectivity index is 1.74. The van der Waals surface area contributed by atoms with E-state index in [1.54, 1.807) is 33.0 Å². The summed E-state index contributed by atoms with van der Waals surface area (Å²) in [5.74, 6) is -1.02. The maximum atomic E-state index is 12.9. The Morgan fingerprint density at radius 1 is 1.29 bits per heavy atom. The number of ether oxygens (including phenoxy) is 1. The molecule has 0 spiro atoms. The van der Waals surface area contributed by atoms with Crippen LogP contribution in [0.2, 0.25) is 0 Å². The Morgan fingerprint density at radius 3 is 2.65 bits per heavy atom. The van der Waals surface area contributed by atoms with E-state index >= 15 is 0 Å². The number of benzene rings is 1. The number of hydrogen-bond donors (Lipinski definition) is 1. The van der Waals surface area contributed by atoms with E-state index in [0.717, 1.165) is 17.5 Å². The molecule has 8 nitrogen and oxygen atoms in total. The molecule has 1 aromatic heterocycles. The molecule has 0 radical (unpaired) electrons. The fourth-order valence-corrected chi connectivity index (χ4v) is 5.11. The zero-order chi connectivity index (χ0) is 24.7. The van der Waals surface area contributed by atoms with E-state index in [0.29, 0.717) is 12.1 Å². The van der Waals surface area contributed by atoms with Crippen molar-refractivity contribution in [2.24, 2.45) is 11.8 Å². The highest BCUT2D eigenvalue weighted by Crippen LogP contribution is 2.53. The molecule has 4 rings (SSSR count). The van der Waals surface area contributed by atoms with Crippen LogP contribution >= 0.6 is 0 Å². The maximum absolute atomic E-state index is 12.9. The van der Waals surface area contributed by atoms with Crippen molar-refractivity contribution in [3.05, 3.63) is 65.0 Å². The minimum absolute atomic E-state index is 0.0923. The van der Waals surface area contributed by atoms with Crippen LogP contribution < -0.4 is 5.32 Å². The van der Waals surface area contributed by atoms with Crippen molar-refractivity contribution < 1.29 is 19.1 Å². The van der Waals surface area contributed by atoms with Gasteiger partial charge in [0.2, 0.25) is 0 Å². The van der Waals surface area contributed by atoms with Gasteiger partial charge in [0, 0.05) is 12.1 Å². The third-order valence-corrected chi connectivity index (χ3v) is 6.56. The summed E-state index contributed by atoms with van der Waals surface area (Å²) in [5, 5.41) is 16.9. The topological polar surface area (TPSA) is 114 Å².